The highest BCUT2D eigenvalue weighted by Gasteiger charge is 2.42. The van der Waals surface area contributed by atoms with Crippen LogP contribution in [0.25, 0.3) is 0 Å². The van der Waals surface area contributed by atoms with Crippen molar-refractivity contribution in [1.29, 1.82) is 0 Å². The summed E-state index contributed by atoms with van der Waals surface area (Å²) in [4.78, 5) is 47.5. The van der Waals surface area contributed by atoms with Gasteiger partial charge in [0.25, 0.3) is 0 Å². The number of anilines is 1. The maximum Gasteiger partial charge on any atom is 0.490 e. The first-order valence-corrected chi connectivity index (χ1v) is 14.1. The number of nitrogens with two attached hydrogens (primary N) is 2. The van der Waals surface area contributed by atoms with Gasteiger partial charge in [0.1, 0.15) is 5.82 Å². The number of nitrogens with zero attached hydrogens (tertiary/aromatic N) is 1. The second kappa shape index (κ2) is 18.6. The predicted molar refractivity (Wildman–Crippen MR) is 164 cm³/mol. The molecular formula is C29H32ClF7N6O6. The first-order chi connectivity index (χ1) is 22.6. The molecule has 1 aliphatic carbocycles. The number of allylic oxidation sites excluding steroid dienone is 1. The summed E-state index contributed by atoms with van der Waals surface area (Å²) in [5.41, 5.74) is 14.4. The maximum absolute atomic E-state index is 13.7. The number of guanidine groups is 1. The molecule has 3 atom stereocenters. The van der Waals surface area contributed by atoms with Crippen molar-refractivity contribution in [2.24, 2.45) is 22.4 Å². The number of fused-ring (bicyclic) bond motifs is 1. The Morgan fingerprint density at radius 1 is 0.959 bits per heavy atom. The number of carboxylic acid groups (broad SMARTS) is 2. The third kappa shape index (κ3) is 13.6. The number of carboxylic acids is 2. The van der Waals surface area contributed by atoms with Crippen molar-refractivity contribution in [3.63, 3.8) is 0 Å². The Morgan fingerprint density at radius 3 is 2.00 bits per heavy atom. The number of alkyl halides is 6. The van der Waals surface area contributed by atoms with E-state index in [0.29, 0.717) is 6.54 Å². The molecule has 1 aliphatic rings. The van der Waals surface area contributed by atoms with Gasteiger partial charge in [-0.25, -0.2) is 14.0 Å². The first kappa shape index (κ1) is 42.1. The zero-order valence-corrected chi connectivity index (χ0v) is 26.2. The Bertz CT molecular complexity index is 1510. The monoisotopic (exact) mass is 728 g/mol. The Morgan fingerprint density at radius 2 is 1.53 bits per heavy atom. The van der Waals surface area contributed by atoms with Crippen LogP contribution in [0.2, 0.25) is 5.02 Å². The summed E-state index contributed by atoms with van der Waals surface area (Å²) in [5, 5.41) is 22.6. The number of amides is 2. The summed E-state index contributed by atoms with van der Waals surface area (Å²) in [6, 6.07) is 9.34. The largest absolute Gasteiger partial charge is 0.490 e. The average molecular weight is 729 g/mol. The highest BCUT2D eigenvalue weighted by Crippen LogP contribution is 2.48. The SMILES string of the molecule is C=CCC[C@@H]1c2cc(CNC)ccc2[C@H](NC(=O)C(=O)Nc2ccc(Cl)c(F)c2)[C@H]1CN=C(N)N.O=C(O)C(F)(F)F.O=C(O)C(F)(F)F. The quantitative estimate of drug-likeness (QED) is 0.0648. The minimum absolute atomic E-state index is 0.0432. The fraction of sp³-hybridized carbons (Fsp3) is 0.345. The summed E-state index contributed by atoms with van der Waals surface area (Å²) in [6.07, 6.45) is -6.77. The number of aliphatic carboxylic acids is 2. The van der Waals surface area contributed by atoms with Crippen LogP contribution in [0.1, 0.15) is 41.5 Å². The molecule has 0 aliphatic heterocycles. The Balaban J connectivity index is 0.000000717. The van der Waals surface area contributed by atoms with E-state index in [2.05, 4.69) is 33.6 Å². The molecule has 2 aromatic rings. The molecule has 2 aromatic carbocycles. The van der Waals surface area contributed by atoms with Gasteiger partial charge >= 0.3 is 36.1 Å². The van der Waals surface area contributed by atoms with Gasteiger partial charge in [-0.15, -0.1) is 6.58 Å². The number of hydrogen-bond donors (Lipinski definition) is 7. The fourth-order valence-electron chi connectivity index (χ4n) is 4.50. The number of benzene rings is 2. The van der Waals surface area contributed by atoms with Crippen LogP contribution in [0.4, 0.5) is 36.4 Å². The zero-order valence-electron chi connectivity index (χ0n) is 25.5. The topological polar surface area (TPSA) is 209 Å². The third-order valence-electron chi connectivity index (χ3n) is 6.53. The van der Waals surface area contributed by atoms with E-state index in [0.717, 1.165) is 35.6 Å². The van der Waals surface area contributed by atoms with Crippen LogP contribution in [0.15, 0.2) is 54.0 Å². The van der Waals surface area contributed by atoms with Gasteiger partial charge in [0, 0.05) is 24.7 Å². The molecule has 0 bridgehead atoms. The fourth-order valence-corrected chi connectivity index (χ4v) is 4.62. The van der Waals surface area contributed by atoms with Gasteiger partial charge in [-0.2, -0.15) is 26.3 Å². The van der Waals surface area contributed by atoms with E-state index < -0.39 is 48.0 Å². The van der Waals surface area contributed by atoms with Crippen molar-refractivity contribution in [2.45, 2.75) is 43.7 Å². The minimum Gasteiger partial charge on any atom is -0.475 e. The number of nitrogens with one attached hydrogen (secondary N) is 3. The first-order valence-electron chi connectivity index (χ1n) is 13.7. The number of aliphatic imine (C=N–C) groups is 1. The van der Waals surface area contributed by atoms with Crippen LogP contribution >= 0.6 is 11.6 Å². The lowest BCUT2D eigenvalue weighted by atomic mass is 9.86. The zero-order chi connectivity index (χ0) is 37.7. The third-order valence-corrected chi connectivity index (χ3v) is 6.84. The van der Waals surface area contributed by atoms with E-state index in [1.165, 1.54) is 12.1 Å². The van der Waals surface area contributed by atoms with Crippen LogP contribution in [0, 0.1) is 11.7 Å². The molecular weight excluding hydrogens is 697 g/mol. The van der Waals surface area contributed by atoms with E-state index in [1.54, 1.807) is 0 Å². The molecule has 0 saturated carbocycles. The predicted octanol–water partition coefficient (Wildman–Crippen LogP) is 4.21. The van der Waals surface area contributed by atoms with Gasteiger partial charge in [0.05, 0.1) is 11.1 Å². The summed E-state index contributed by atoms with van der Waals surface area (Å²) in [7, 11) is 1.87. The lowest BCUT2D eigenvalue weighted by Gasteiger charge is -2.25. The molecule has 12 nitrogen and oxygen atoms in total. The Labute approximate surface area is 279 Å². The van der Waals surface area contributed by atoms with E-state index >= 15 is 0 Å². The molecule has 0 spiro atoms. The molecule has 0 fully saturated rings. The van der Waals surface area contributed by atoms with Gasteiger partial charge in [-0.3, -0.25) is 14.6 Å². The second-order valence-electron chi connectivity index (χ2n) is 10.0. The lowest BCUT2D eigenvalue weighted by Crippen LogP contribution is -2.40. The number of halogens is 8. The second-order valence-corrected chi connectivity index (χ2v) is 10.4. The number of hydrogen-bond acceptors (Lipinski definition) is 6. The number of carbonyl (C=O) groups excluding carboxylic acids is 2. The highest BCUT2D eigenvalue weighted by molar-refractivity contribution is 6.39. The van der Waals surface area contributed by atoms with Gasteiger partial charge in [0.2, 0.25) is 0 Å². The molecule has 20 heteroatoms. The van der Waals surface area contributed by atoms with Crippen molar-refractivity contribution >= 4 is 47.0 Å². The standard InChI is InChI=1S/C25H30ClFN6O2.2C2HF3O2/c1-3-4-5-16-18-10-14(12-30-2)6-8-17(18)22(19(16)13-31-25(28)29)33-24(35)23(34)32-15-7-9-20(26)21(27)11-15;2*3-2(4,5)1(6)7/h3,6-11,16,19,22,30H,1,4-5,12-13H2,2H3,(H,32,34)(H,33,35)(H4,28,29,31);2*(H,6,7)/t16-,19+,22+;;/m1../s1. The lowest BCUT2D eigenvalue weighted by molar-refractivity contribution is -0.193. The van der Waals surface area contributed by atoms with Crippen LogP contribution in [-0.4, -0.2) is 65.9 Å². The van der Waals surface area contributed by atoms with E-state index in [1.807, 2.05) is 25.3 Å². The van der Waals surface area contributed by atoms with E-state index in [-0.39, 0.29) is 35.1 Å². The highest BCUT2D eigenvalue weighted by atomic mass is 35.5. The summed E-state index contributed by atoms with van der Waals surface area (Å²) in [6.45, 7) is 4.80. The normalized spacial score (nSPS) is 16.4. The molecule has 9 N–H and O–H groups in total. The molecule has 49 heavy (non-hydrogen) atoms. The van der Waals surface area contributed by atoms with E-state index in [4.69, 9.17) is 42.9 Å². The number of carbonyl (C=O) groups is 4. The van der Waals surface area contributed by atoms with E-state index in [9.17, 15) is 40.3 Å². The van der Waals surface area contributed by atoms with Crippen molar-refractivity contribution in [1.82, 2.24) is 10.6 Å². The van der Waals surface area contributed by atoms with Gasteiger partial charge in [-0.05, 0) is 60.7 Å². The smallest absolute Gasteiger partial charge is 0.475 e. The van der Waals surface area contributed by atoms with Crippen molar-refractivity contribution in [3.8, 4) is 0 Å². The molecule has 0 aromatic heterocycles. The van der Waals surface area contributed by atoms with Crippen molar-refractivity contribution < 1.29 is 60.1 Å². The molecule has 0 radical (unpaired) electrons. The molecule has 0 heterocycles. The molecule has 0 unspecified atom stereocenters. The molecule has 270 valence electrons. The summed E-state index contributed by atoms with van der Waals surface area (Å²) < 4.78 is 77.2. The van der Waals surface area contributed by atoms with Gasteiger partial charge in [-0.1, -0.05) is 35.9 Å². The van der Waals surface area contributed by atoms with Crippen molar-refractivity contribution in [2.75, 3.05) is 18.9 Å². The molecule has 2 amide bonds. The average Bonchev–Trinajstić information content (AvgIpc) is 3.27. The maximum atomic E-state index is 13.7. The summed E-state index contributed by atoms with van der Waals surface area (Å²) >= 11 is 5.68. The Hall–Kier alpha value is -4.91. The number of rotatable bonds is 9. The van der Waals surface area contributed by atoms with Crippen LogP contribution in [0.3, 0.4) is 0 Å². The summed E-state index contributed by atoms with van der Waals surface area (Å²) in [5.74, 6) is -8.17. The van der Waals surface area contributed by atoms with Crippen LogP contribution < -0.4 is 27.4 Å². The van der Waals surface area contributed by atoms with Gasteiger partial charge < -0.3 is 37.6 Å². The van der Waals surface area contributed by atoms with Crippen molar-refractivity contribution in [3.05, 3.63) is 76.6 Å². The van der Waals surface area contributed by atoms with Crippen LogP contribution in [-0.2, 0) is 25.7 Å². The van der Waals surface area contributed by atoms with Gasteiger partial charge in [0.15, 0.2) is 5.96 Å². The van der Waals surface area contributed by atoms with Crippen LogP contribution in [0.5, 0.6) is 0 Å². The molecule has 3 rings (SSSR count). The molecule has 0 saturated heterocycles. The minimum atomic E-state index is -5.08. The Kier molecular flexibility index (Phi) is 16.0.